The highest BCUT2D eigenvalue weighted by Crippen LogP contribution is 2.22. The van der Waals surface area contributed by atoms with Crippen LogP contribution < -0.4 is 5.01 Å². The maximum Gasteiger partial charge on any atom is 0.431 e. The molecule has 18 heavy (non-hydrogen) atoms. The monoisotopic (exact) mass is 251 g/mol. The predicted molar refractivity (Wildman–Crippen MR) is 62.8 cm³/mol. The maximum absolute atomic E-state index is 11.8. The second kappa shape index (κ2) is 4.53. The number of carboxylic acid groups (broad SMARTS) is 1. The number of aliphatic hydroxyl groups is 1. The highest BCUT2D eigenvalue weighted by atomic mass is 16.4. The van der Waals surface area contributed by atoms with Crippen LogP contribution in [0.25, 0.3) is 0 Å². The molecule has 1 saturated heterocycles. The lowest BCUT2D eigenvalue weighted by molar-refractivity contribution is 0.0546. The highest BCUT2D eigenvalue weighted by molar-refractivity contribution is 5.91. The Labute approximate surface area is 103 Å². The first-order valence-corrected chi connectivity index (χ1v) is 5.33. The van der Waals surface area contributed by atoms with Crippen LogP contribution in [0.15, 0.2) is 30.3 Å². The molecule has 1 unspecified atom stereocenters. The van der Waals surface area contributed by atoms with E-state index in [2.05, 4.69) is 0 Å². The van der Waals surface area contributed by atoms with Crippen molar-refractivity contribution in [2.75, 3.05) is 18.6 Å². The smallest absolute Gasteiger partial charge is 0.431 e. The molecule has 1 heterocycles. The van der Waals surface area contributed by atoms with Gasteiger partial charge in [-0.1, -0.05) is 18.2 Å². The standard InChI is InChI=1S/C11H13N3O4/c1-12-7-9(15)14(10(12)16)13(11(17)18)8-5-3-2-4-6-8/h2-6,9,15H,7H2,1H3,(H,17,18). The number of hydrogen-bond donors (Lipinski definition) is 2. The zero-order chi connectivity index (χ0) is 13.3. The van der Waals surface area contributed by atoms with Gasteiger partial charge in [0.25, 0.3) is 0 Å². The summed E-state index contributed by atoms with van der Waals surface area (Å²) in [6, 6.07) is 7.58. The fourth-order valence-electron chi connectivity index (χ4n) is 1.82. The lowest BCUT2D eigenvalue weighted by Gasteiger charge is -2.30. The van der Waals surface area contributed by atoms with Crippen molar-refractivity contribution < 1.29 is 19.8 Å². The number of aliphatic hydroxyl groups excluding tert-OH is 1. The van der Waals surface area contributed by atoms with Crippen molar-refractivity contribution in [3.8, 4) is 0 Å². The number of amides is 3. The Morgan fingerprint density at radius 2 is 2.00 bits per heavy atom. The van der Waals surface area contributed by atoms with Gasteiger partial charge < -0.3 is 15.1 Å². The van der Waals surface area contributed by atoms with Gasteiger partial charge in [0, 0.05) is 7.05 Å². The molecule has 2 rings (SSSR count). The first kappa shape index (κ1) is 12.2. The van der Waals surface area contributed by atoms with Crippen LogP contribution in [0.5, 0.6) is 0 Å². The molecule has 7 heteroatoms. The van der Waals surface area contributed by atoms with Crippen LogP contribution in [0.1, 0.15) is 0 Å². The molecule has 1 aliphatic heterocycles. The Bertz CT molecular complexity index is 465. The molecule has 3 amide bonds. The Kier molecular flexibility index (Phi) is 3.07. The number of likely N-dealkylation sites (N-methyl/N-ethyl adjacent to an activating group) is 1. The molecule has 1 aromatic carbocycles. The van der Waals surface area contributed by atoms with Gasteiger partial charge in [-0.15, -0.1) is 0 Å². The average molecular weight is 251 g/mol. The summed E-state index contributed by atoms with van der Waals surface area (Å²) in [5.74, 6) is 0. The molecule has 0 saturated carbocycles. The van der Waals surface area contributed by atoms with E-state index in [1.54, 1.807) is 30.3 Å². The van der Waals surface area contributed by atoms with Gasteiger partial charge in [-0.2, -0.15) is 10.0 Å². The minimum atomic E-state index is -1.33. The molecular formula is C11H13N3O4. The predicted octanol–water partition coefficient (Wildman–Crippen LogP) is 0.772. The number of urea groups is 1. The van der Waals surface area contributed by atoms with E-state index >= 15 is 0 Å². The molecule has 0 bridgehead atoms. The molecule has 0 aliphatic carbocycles. The number of hydrazine groups is 1. The van der Waals surface area contributed by atoms with E-state index in [0.717, 1.165) is 10.0 Å². The number of carbonyl (C=O) groups is 2. The third kappa shape index (κ3) is 1.95. The number of anilines is 1. The van der Waals surface area contributed by atoms with E-state index in [4.69, 9.17) is 0 Å². The van der Waals surface area contributed by atoms with Crippen LogP contribution in [0.3, 0.4) is 0 Å². The molecule has 0 radical (unpaired) electrons. The van der Waals surface area contributed by atoms with Crippen molar-refractivity contribution in [2.45, 2.75) is 6.23 Å². The summed E-state index contributed by atoms with van der Waals surface area (Å²) in [7, 11) is 1.50. The lowest BCUT2D eigenvalue weighted by Crippen LogP contribution is -2.51. The summed E-state index contributed by atoms with van der Waals surface area (Å²) in [5, 5.41) is 20.5. The number of hydrogen-bond acceptors (Lipinski definition) is 3. The quantitative estimate of drug-likeness (QED) is 0.813. The molecule has 1 fully saturated rings. The molecule has 0 spiro atoms. The Balaban J connectivity index is 2.38. The molecule has 1 aromatic rings. The second-order valence-corrected chi connectivity index (χ2v) is 3.92. The van der Waals surface area contributed by atoms with Crippen LogP contribution in [0, 0.1) is 0 Å². The first-order chi connectivity index (χ1) is 8.52. The van der Waals surface area contributed by atoms with Gasteiger partial charge in [0.2, 0.25) is 0 Å². The van der Waals surface area contributed by atoms with Crippen molar-refractivity contribution >= 4 is 17.8 Å². The summed E-state index contributed by atoms with van der Waals surface area (Å²) in [6.45, 7) is 0.0649. The SMILES string of the molecule is CN1CC(O)N(N(C(=O)O)c2ccccc2)C1=O. The van der Waals surface area contributed by atoms with Crippen molar-refractivity contribution in [3.05, 3.63) is 30.3 Å². The molecule has 2 N–H and O–H groups in total. The van der Waals surface area contributed by atoms with Crippen molar-refractivity contribution in [2.24, 2.45) is 0 Å². The normalized spacial score (nSPS) is 19.2. The first-order valence-electron chi connectivity index (χ1n) is 5.33. The topological polar surface area (TPSA) is 84.3 Å². The van der Waals surface area contributed by atoms with Gasteiger partial charge >= 0.3 is 12.1 Å². The van der Waals surface area contributed by atoms with Crippen LogP contribution in [-0.4, -0.2) is 52.1 Å². The lowest BCUT2D eigenvalue weighted by atomic mass is 10.3. The number of nitrogens with zero attached hydrogens (tertiary/aromatic N) is 3. The van der Waals surface area contributed by atoms with Crippen LogP contribution >= 0.6 is 0 Å². The number of carbonyl (C=O) groups excluding carboxylic acids is 1. The van der Waals surface area contributed by atoms with Gasteiger partial charge in [-0.3, -0.25) is 0 Å². The summed E-state index contributed by atoms with van der Waals surface area (Å²) in [6.07, 6.45) is -2.51. The molecular weight excluding hydrogens is 238 g/mol. The van der Waals surface area contributed by atoms with E-state index in [1.165, 1.54) is 11.9 Å². The minimum absolute atomic E-state index is 0.0649. The number of β-amino-alcohol motifs (C(OH)–C–C–N with tert-alkyl or cyclic N) is 1. The third-order valence-corrected chi connectivity index (χ3v) is 2.64. The van der Waals surface area contributed by atoms with Crippen molar-refractivity contribution in [3.63, 3.8) is 0 Å². The number of benzene rings is 1. The van der Waals surface area contributed by atoms with Crippen molar-refractivity contribution in [1.82, 2.24) is 9.91 Å². The zero-order valence-corrected chi connectivity index (χ0v) is 9.72. The minimum Gasteiger partial charge on any atom is -0.463 e. The number of rotatable bonds is 2. The molecule has 7 nitrogen and oxygen atoms in total. The average Bonchev–Trinajstić information content (AvgIpc) is 2.57. The third-order valence-electron chi connectivity index (χ3n) is 2.64. The Morgan fingerprint density at radius 1 is 1.39 bits per heavy atom. The van der Waals surface area contributed by atoms with Crippen LogP contribution in [0.4, 0.5) is 15.3 Å². The fourth-order valence-corrected chi connectivity index (χ4v) is 1.82. The molecule has 0 aromatic heterocycles. The Morgan fingerprint density at radius 3 is 2.44 bits per heavy atom. The summed E-state index contributed by atoms with van der Waals surface area (Å²) in [5.41, 5.74) is 0.299. The maximum atomic E-state index is 11.8. The highest BCUT2D eigenvalue weighted by Gasteiger charge is 2.40. The van der Waals surface area contributed by atoms with Crippen LogP contribution in [0.2, 0.25) is 0 Å². The van der Waals surface area contributed by atoms with E-state index in [9.17, 15) is 19.8 Å². The van der Waals surface area contributed by atoms with E-state index in [0.29, 0.717) is 5.69 Å². The summed E-state index contributed by atoms with van der Waals surface area (Å²) < 4.78 is 0. The van der Waals surface area contributed by atoms with Crippen LogP contribution in [-0.2, 0) is 0 Å². The van der Waals surface area contributed by atoms with Gasteiger partial charge in [-0.25, -0.2) is 9.59 Å². The molecule has 96 valence electrons. The van der Waals surface area contributed by atoms with E-state index < -0.39 is 18.4 Å². The number of para-hydroxylation sites is 1. The molecule has 1 atom stereocenters. The fraction of sp³-hybridized carbons (Fsp3) is 0.273. The van der Waals surface area contributed by atoms with Gasteiger partial charge in [0.15, 0.2) is 6.23 Å². The van der Waals surface area contributed by atoms with E-state index in [-0.39, 0.29) is 6.54 Å². The van der Waals surface area contributed by atoms with Gasteiger partial charge in [-0.05, 0) is 12.1 Å². The van der Waals surface area contributed by atoms with E-state index in [1.807, 2.05) is 0 Å². The zero-order valence-electron chi connectivity index (χ0n) is 9.72. The summed E-state index contributed by atoms with van der Waals surface area (Å²) in [4.78, 5) is 24.4. The van der Waals surface area contributed by atoms with Crippen molar-refractivity contribution in [1.29, 1.82) is 0 Å². The molecule has 1 aliphatic rings. The largest absolute Gasteiger partial charge is 0.463 e. The van der Waals surface area contributed by atoms with Gasteiger partial charge in [0.05, 0.1) is 12.2 Å². The Hall–Kier alpha value is -2.28. The van der Waals surface area contributed by atoms with Gasteiger partial charge in [0.1, 0.15) is 0 Å². The summed E-state index contributed by atoms with van der Waals surface area (Å²) >= 11 is 0. The second-order valence-electron chi connectivity index (χ2n) is 3.92.